The molecule has 1 aromatic carbocycles. The van der Waals surface area contributed by atoms with Crippen LogP contribution in [0, 0.1) is 0 Å². The number of piperazine rings is 1. The summed E-state index contributed by atoms with van der Waals surface area (Å²) in [6, 6.07) is 6.94. The van der Waals surface area contributed by atoms with Crippen LogP contribution >= 0.6 is 0 Å². The van der Waals surface area contributed by atoms with Crippen molar-refractivity contribution in [1.82, 2.24) is 4.90 Å². The van der Waals surface area contributed by atoms with Crippen LogP contribution in [0.2, 0.25) is 0 Å². The van der Waals surface area contributed by atoms with Crippen LogP contribution in [0.3, 0.4) is 0 Å². The number of likely N-dealkylation sites (N-methyl/N-ethyl adjacent to an activating group) is 1. The highest BCUT2D eigenvalue weighted by molar-refractivity contribution is 7.92. The molecule has 2 rings (SSSR count). The van der Waals surface area contributed by atoms with E-state index in [-0.39, 0.29) is 6.04 Å². The van der Waals surface area contributed by atoms with Crippen LogP contribution in [-0.2, 0) is 14.8 Å². The smallest absolute Gasteiger partial charge is 0.229 e. The van der Waals surface area contributed by atoms with E-state index in [1.807, 2.05) is 11.0 Å². The maximum absolute atomic E-state index is 11.3. The van der Waals surface area contributed by atoms with Gasteiger partial charge >= 0.3 is 0 Å². The normalized spacial score (nSPS) is 20.3. The summed E-state index contributed by atoms with van der Waals surface area (Å²) < 4.78 is 25.1. The van der Waals surface area contributed by atoms with Crippen LogP contribution in [0.1, 0.15) is 6.92 Å². The summed E-state index contributed by atoms with van der Waals surface area (Å²) in [5.41, 5.74) is 1.37. The van der Waals surface area contributed by atoms with Gasteiger partial charge in [-0.2, -0.15) is 0 Å². The first-order valence-electron chi connectivity index (χ1n) is 6.95. The van der Waals surface area contributed by atoms with Gasteiger partial charge in [0.25, 0.3) is 0 Å². The third kappa shape index (κ3) is 4.18. The summed E-state index contributed by atoms with van der Waals surface area (Å²) >= 11 is 0. The van der Waals surface area contributed by atoms with Gasteiger partial charge in [-0.3, -0.25) is 9.62 Å². The molecule has 0 amide bonds. The fourth-order valence-electron chi connectivity index (χ4n) is 2.56. The van der Waals surface area contributed by atoms with Gasteiger partial charge in [-0.15, -0.1) is 0 Å². The number of anilines is 2. The van der Waals surface area contributed by atoms with Crippen molar-refractivity contribution >= 4 is 27.7 Å². The molecule has 1 atom stereocenters. The van der Waals surface area contributed by atoms with E-state index in [4.69, 9.17) is 0 Å². The summed E-state index contributed by atoms with van der Waals surface area (Å²) in [6.45, 7) is 5.34. The van der Waals surface area contributed by atoms with Gasteiger partial charge < -0.3 is 9.69 Å². The van der Waals surface area contributed by atoms with Crippen molar-refractivity contribution in [2.75, 3.05) is 42.1 Å². The lowest BCUT2D eigenvalue weighted by atomic mass is 10.1. The van der Waals surface area contributed by atoms with Gasteiger partial charge in [0, 0.05) is 25.3 Å². The molecule has 0 radical (unpaired) electrons. The Morgan fingerprint density at radius 2 is 2.14 bits per heavy atom. The Hall–Kier alpha value is -1.60. The molecular weight excluding hydrogens is 290 g/mol. The summed E-state index contributed by atoms with van der Waals surface area (Å²) in [5.74, 6) is 0. The van der Waals surface area contributed by atoms with Crippen molar-refractivity contribution in [3.63, 3.8) is 0 Å². The predicted octanol–water partition coefficient (Wildman–Crippen LogP) is 0.767. The largest absolute Gasteiger partial charge is 0.359 e. The standard InChI is InChI=1S/C14H21N3O3S/c1-3-16-7-8-17(14(10-16)11-18)13-6-4-5-12(9-13)15-21(2,19)20/h4-6,9,11,14-15H,3,7-8,10H2,1-2H3. The van der Waals surface area contributed by atoms with Gasteiger partial charge in [-0.25, -0.2) is 8.42 Å². The molecule has 0 aromatic heterocycles. The maximum atomic E-state index is 11.3. The predicted molar refractivity (Wildman–Crippen MR) is 84.2 cm³/mol. The van der Waals surface area contributed by atoms with Crippen molar-refractivity contribution in [2.24, 2.45) is 0 Å². The first kappa shape index (κ1) is 15.8. The number of hydrogen-bond acceptors (Lipinski definition) is 5. The second-order valence-electron chi connectivity index (χ2n) is 5.21. The second-order valence-corrected chi connectivity index (χ2v) is 6.96. The number of hydrogen-bond donors (Lipinski definition) is 1. The molecule has 7 heteroatoms. The number of carbonyl (C=O) groups excluding carboxylic acids is 1. The van der Waals surface area contributed by atoms with E-state index in [1.54, 1.807) is 18.2 Å². The van der Waals surface area contributed by atoms with Crippen molar-refractivity contribution in [3.8, 4) is 0 Å². The molecule has 116 valence electrons. The molecule has 1 aliphatic heterocycles. The zero-order valence-electron chi connectivity index (χ0n) is 12.3. The molecule has 1 heterocycles. The van der Waals surface area contributed by atoms with Crippen LogP contribution < -0.4 is 9.62 Å². The van der Waals surface area contributed by atoms with Crippen LogP contribution in [0.15, 0.2) is 24.3 Å². The molecule has 0 spiro atoms. The number of nitrogens with one attached hydrogen (secondary N) is 1. The quantitative estimate of drug-likeness (QED) is 0.813. The molecule has 6 nitrogen and oxygen atoms in total. The lowest BCUT2D eigenvalue weighted by Gasteiger charge is -2.40. The van der Waals surface area contributed by atoms with Crippen LogP contribution in [0.25, 0.3) is 0 Å². The Morgan fingerprint density at radius 3 is 2.76 bits per heavy atom. The van der Waals surface area contributed by atoms with Crippen molar-refractivity contribution in [3.05, 3.63) is 24.3 Å². The number of carbonyl (C=O) groups is 1. The van der Waals surface area contributed by atoms with Gasteiger partial charge in [0.1, 0.15) is 6.29 Å². The monoisotopic (exact) mass is 311 g/mol. The van der Waals surface area contributed by atoms with E-state index in [0.29, 0.717) is 12.2 Å². The molecule has 21 heavy (non-hydrogen) atoms. The minimum Gasteiger partial charge on any atom is -0.359 e. The average molecular weight is 311 g/mol. The van der Waals surface area contributed by atoms with Crippen LogP contribution in [0.5, 0.6) is 0 Å². The van der Waals surface area contributed by atoms with Gasteiger partial charge in [0.2, 0.25) is 10.0 Å². The molecular formula is C14H21N3O3S. The highest BCUT2D eigenvalue weighted by atomic mass is 32.2. The highest BCUT2D eigenvalue weighted by Gasteiger charge is 2.26. The van der Waals surface area contributed by atoms with Crippen molar-refractivity contribution in [2.45, 2.75) is 13.0 Å². The maximum Gasteiger partial charge on any atom is 0.229 e. The first-order valence-corrected chi connectivity index (χ1v) is 8.84. The minimum atomic E-state index is -3.30. The SMILES string of the molecule is CCN1CCN(c2cccc(NS(C)(=O)=O)c2)C(C=O)C1. The Morgan fingerprint density at radius 1 is 1.38 bits per heavy atom. The fraction of sp³-hybridized carbons (Fsp3) is 0.500. The molecule has 0 saturated carbocycles. The molecule has 1 fully saturated rings. The van der Waals surface area contributed by atoms with Crippen LogP contribution in [-0.4, -0.2) is 58.1 Å². The second kappa shape index (κ2) is 6.44. The third-order valence-electron chi connectivity index (χ3n) is 3.59. The zero-order chi connectivity index (χ0) is 15.5. The Kier molecular flexibility index (Phi) is 4.84. The molecule has 0 aliphatic carbocycles. The van der Waals surface area contributed by atoms with E-state index in [2.05, 4.69) is 16.5 Å². The van der Waals surface area contributed by atoms with Gasteiger partial charge in [-0.1, -0.05) is 13.0 Å². The van der Waals surface area contributed by atoms with Crippen molar-refractivity contribution in [1.29, 1.82) is 0 Å². The van der Waals surface area contributed by atoms with Crippen LogP contribution in [0.4, 0.5) is 11.4 Å². The topological polar surface area (TPSA) is 69.7 Å². The molecule has 1 aliphatic rings. The number of aldehydes is 1. The highest BCUT2D eigenvalue weighted by Crippen LogP contribution is 2.23. The summed E-state index contributed by atoms with van der Waals surface area (Å²) in [7, 11) is -3.30. The van der Waals surface area contributed by atoms with E-state index in [9.17, 15) is 13.2 Å². The molecule has 1 N–H and O–H groups in total. The van der Waals surface area contributed by atoms with E-state index in [1.165, 1.54) is 0 Å². The summed E-state index contributed by atoms with van der Waals surface area (Å²) in [5, 5.41) is 0. The molecule has 1 aromatic rings. The summed E-state index contributed by atoms with van der Waals surface area (Å²) in [4.78, 5) is 15.6. The number of rotatable bonds is 5. The third-order valence-corrected chi connectivity index (χ3v) is 4.19. The fourth-order valence-corrected chi connectivity index (χ4v) is 3.11. The lowest BCUT2D eigenvalue weighted by molar-refractivity contribution is -0.109. The average Bonchev–Trinajstić information content (AvgIpc) is 2.45. The van der Waals surface area contributed by atoms with Gasteiger partial charge in [-0.05, 0) is 24.7 Å². The van der Waals surface area contributed by atoms with E-state index >= 15 is 0 Å². The Labute approximate surface area is 125 Å². The number of sulfonamides is 1. The van der Waals surface area contributed by atoms with Crippen molar-refractivity contribution < 1.29 is 13.2 Å². The molecule has 1 unspecified atom stereocenters. The number of benzene rings is 1. The molecule has 0 bridgehead atoms. The Bertz CT molecular complexity index is 603. The Balaban J connectivity index is 2.21. The molecule has 1 saturated heterocycles. The van der Waals surface area contributed by atoms with Gasteiger partial charge in [0.05, 0.1) is 18.0 Å². The van der Waals surface area contributed by atoms with Gasteiger partial charge in [0.15, 0.2) is 0 Å². The minimum absolute atomic E-state index is 0.202. The summed E-state index contributed by atoms with van der Waals surface area (Å²) in [6.07, 6.45) is 2.08. The lowest BCUT2D eigenvalue weighted by Crippen LogP contribution is -2.54. The van der Waals surface area contributed by atoms with E-state index < -0.39 is 10.0 Å². The van der Waals surface area contributed by atoms with E-state index in [0.717, 1.165) is 37.9 Å². The zero-order valence-corrected chi connectivity index (χ0v) is 13.1. The number of nitrogens with zero attached hydrogens (tertiary/aromatic N) is 2. The first-order chi connectivity index (χ1) is 9.93.